The van der Waals surface area contributed by atoms with E-state index in [9.17, 15) is 31.1 Å². The monoisotopic (exact) mass is 391 g/mol. The minimum absolute atomic E-state index is 0.550. The molecule has 0 aliphatic heterocycles. The lowest BCUT2D eigenvalue weighted by Crippen LogP contribution is -2.08. The Morgan fingerprint density at radius 1 is 0.818 bits per heavy atom. The van der Waals surface area contributed by atoms with Crippen molar-refractivity contribution in [2.45, 2.75) is 4.90 Å². The van der Waals surface area contributed by atoms with Gasteiger partial charge in [-0.05, 0) is 11.9 Å². The van der Waals surface area contributed by atoms with E-state index in [0.29, 0.717) is 0 Å². The van der Waals surface area contributed by atoms with Crippen LogP contribution in [0.2, 0.25) is 0 Å². The van der Waals surface area contributed by atoms with Crippen molar-refractivity contribution in [1.29, 1.82) is 0 Å². The van der Waals surface area contributed by atoms with E-state index in [4.69, 9.17) is 14.7 Å². The zero-order valence-corrected chi connectivity index (χ0v) is 12.3. The van der Waals surface area contributed by atoms with Crippen LogP contribution in [0.3, 0.4) is 0 Å². The molecule has 0 amide bonds. The molecule has 1 unspecified atom stereocenters. The second-order valence-corrected chi connectivity index (χ2v) is 6.92. The maximum atomic E-state index is 13.2. The first kappa shape index (κ1) is 19.5. The first-order chi connectivity index (χ1) is 9.86. The van der Waals surface area contributed by atoms with E-state index in [1.165, 1.54) is 4.49 Å². The van der Waals surface area contributed by atoms with Gasteiger partial charge < -0.3 is 14.7 Å². The summed E-state index contributed by atoms with van der Waals surface area (Å²) in [6.07, 6.45) is 0. The van der Waals surface area contributed by atoms with Gasteiger partial charge in [0.05, 0.1) is 0 Å². The molecular weight excluding hydrogens is 387 g/mol. The van der Waals surface area contributed by atoms with E-state index in [1.54, 1.807) is 0 Å². The first-order valence-electron chi connectivity index (χ1n) is 4.57. The third-order valence-corrected chi connectivity index (χ3v) is 4.18. The fourth-order valence-corrected chi connectivity index (χ4v) is 2.90. The average molecular weight is 391 g/mol. The molecule has 16 heteroatoms. The minimum Gasteiger partial charge on any atom is -0.310 e. The molecule has 8 nitrogen and oxygen atoms in total. The molecule has 0 aliphatic rings. The maximum Gasteiger partial charge on any atom is 0.497 e. The molecule has 0 aromatic heterocycles. The van der Waals surface area contributed by atoms with Crippen LogP contribution in [0, 0.1) is 29.1 Å². The van der Waals surface area contributed by atoms with Crippen LogP contribution in [0.1, 0.15) is 0 Å². The molecule has 1 aromatic rings. The molecule has 4 N–H and O–H groups in total. The Morgan fingerprint density at radius 2 is 1.23 bits per heavy atom. The zero-order valence-electron chi connectivity index (χ0n) is 9.67. The molecule has 1 rings (SSSR count). The van der Waals surface area contributed by atoms with E-state index in [0.717, 1.165) is 0 Å². The zero-order chi connectivity index (χ0) is 17.3. The van der Waals surface area contributed by atoms with Crippen LogP contribution in [0.4, 0.5) is 22.0 Å². The minimum atomic E-state index is -5.32. The van der Waals surface area contributed by atoms with Crippen LogP contribution < -0.4 is 4.49 Å². The topological polar surface area (TPSA) is 125 Å². The highest BCUT2D eigenvalue weighted by Crippen LogP contribution is 2.48. The fraction of sp³-hybridized carbons (Fsp3) is 0. The van der Waals surface area contributed by atoms with Gasteiger partial charge in [-0.15, -0.1) is 9.35 Å². The number of phosphoric acid groups is 1. The van der Waals surface area contributed by atoms with Crippen LogP contribution >= 0.6 is 27.5 Å². The second-order valence-electron chi connectivity index (χ2n) is 3.25. The summed E-state index contributed by atoms with van der Waals surface area (Å²) < 4.78 is 93.9. The highest BCUT2D eigenvalue weighted by atomic mass is 32.2. The van der Waals surface area contributed by atoms with E-state index < -0.39 is 61.5 Å². The summed E-state index contributed by atoms with van der Waals surface area (Å²) in [6, 6.07) is 0. The third kappa shape index (κ3) is 4.98. The molecule has 22 heavy (non-hydrogen) atoms. The van der Waals surface area contributed by atoms with Gasteiger partial charge in [0.1, 0.15) is 4.90 Å². The van der Waals surface area contributed by atoms with Crippen molar-refractivity contribution in [3.63, 3.8) is 0 Å². The van der Waals surface area contributed by atoms with Crippen molar-refractivity contribution < 1.29 is 55.1 Å². The van der Waals surface area contributed by atoms with Gasteiger partial charge in [-0.3, -0.25) is 0 Å². The van der Waals surface area contributed by atoms with Gasteiger partial charge in [-0.2, -0.15) is 4.49 Å². The first-order valence-corrected chi connectivity index (χ1v) is 8.50. The van der Waals surface area contributed by atoms with Gasteiger partial charge >= 0.3 is 15.6 Å². The standard InChI is InChI=1S/C6H4F5NO7P2S/c7-1-2(8)4(10)6(5(11)3(1)9)22-12-20(13,14)18-19-21(15,16)17/h(H2,12,13,14)(H2,15,16,17). The van der Waals surface area contributed by atoms with Crippen molar-refractivity contribution in [3.05, 3.63) is 29.1 Å². The van der Waals surface area contributed by atoms with Gasteiger partial charge in [0.25, 0.3) is 0 Å². The molecule has 0 bridgehead atoms. The predicted molar refractivity (Wildman–Crippen MR) is 59.3 cm³/mol. The van der Waals surface area contributed by atoms with Crippen LogP contribution in [-0.4, -0.2) is 14.7 Å². The molecule has 0 saturated carbocycles. The van der Waals surface area contributed by atoms with Crippen LogP contribution in [-0.2, 0) is 18.5 Å². The van der Waals surface area contributed by atoms with E-state index in [-0.39, 0.29) is 0 Å². The Hall–Kier alpha value is -0.560. The van der Waals surface area contributed by atoms with E-state index >= 15 is 0 Å². The average Bonchev–Trinajstić information content (AvgIpc) is 2.40. The third-order valence-electron chi connectivity index (χ3n) is 1.66. The lowest BCUT2D eigenvalue weighted by atomic mass is 10.3. The van der Waals surface area contributed by atoms with Crippen LogP contribution in [0.5, 0.6) is 0 Å². The molecular formula is C6H4F5NO7P2S. The summed E-state index contributed by atoms with van der Waals surface area (Å²) in [4.78, 5) is 23.8. The van der Waals surface area contributed by atoms with Crippen molar-refractivity contribution >= 4 is 27.5 Å². The highest BCUT2D eigenvalue weighted by molar-refractivity contribution is 8.01. The Kier molecular flexibility index (Phi) is 6.12. The molecule has 0 heterocycles. The second kappa shape index (κ2) is 6.91. The van der Waals surface area contributed by atoms with Crippen molar-refractivity contribution in [3.8, 4) is 0 Å². The van der Waals surface area contributed by atoms with Crippen LogP contribution in [0.25, 0.3) is 0 Å². The number of hydrogen-bond acceptors (Lipinski definition) is 5. The van der Waals surface area contributed by atoms with Crippen molar-refractivity contribution in [1.82, 2.24) is 4.49 Å². The summed E-state index contributed by atoms with van der Waals surface area (Å²) in [7, 11) is -10.5. The summed E-state index contributed by atoms with van der Waals surface area (Å²) in [5, 5.41) is 0. The molecule has 0 spiro atoms. The van der Waals surface area contributed by atoms with Gasteiger partial charge in [0.15, 0.2) is 23.3 Å². The number of hydrogen-bond donors (Lipinski definition) is 4. The summed E-state index contributed by atoms with van der Waals surface area (Å²) >= 11 is -0.550. The molecule has 1 aromatic carbocycles. The predicted octanol–water partition coefficient (Wildman–Crippen LogP) is 2.12. The Balaban J connectivity index is 2.93. The fourth-order valence-electron chi connectivity index (χ4n) is 0.882. The molecule has 126 valence electrons. The van der Waals surface area contributed by atoms with Gasteiger partial charge in [-0.1, -0.05) is 0 Å². The maximum absolute atomic E-state index is 13.2. The molecule has 1 atom stereocenters. The number of halogens is 5. The normalized spacial score (nSPS) is 14.9. The van der Waals surface area contributed by atoms with Crippen molar-refractivity contribution in [2.24, 2.45) is 0 Å². The van der Waals surface area contributed by atoms with E-state index in [1.807, 2.05) is 0 Å². The number of nitrogens with one attached hydrogen (secondary N) is 1. The molecule has 0 fully saturated rings. The molecule has 0 saturated heterocycles. The summed E-state index contributed by atoms with van der Waals surface area (Å²) in [6.45, 7) is 0. The molecule has 0 aliphatic carbocycles. The summed E-state index contributed by atoms with van der Waals surface area (Å²) in [5.41, 5.74) is 0. The van der Waals surface area contributed by atoms with Gasteiger partial charge in [0.2, 0.25) is 5.82 Å². The number of benzene rings is 1. The Labute approximate surface area is 122 Å². The van der Waals surface area contributed by atoms with Crippen LogP contribution in [0.15, 0.2) is 4.90 Å². The Morgan fingerprint density at radius 3 is 1.64 bits per heavy atom. The quantitative estimate of drug-likeness (QED) is 0.110. The largest absolute Gasteiger partial charge is 0.497 e. The van der Waals surface area contributed by atoms with Crippen molar-refractivity contribution in [2.75, 3.05) is 0 Å². The van der Waals surface area contributed by atoms with Gasteiger partial charge in [-0.25, -0.2) is 31.1 Å². The summed E-state index contributed by atoms with van der Waals surface area (Å²) in [5.74, 6) is -11.6. The SMILES string of the molecule is O=P(O)(O)OOP(=O)(O)NSc1c(F)c(F)c(F)c(F)c1F. The molecule has 0 radical (unpaired) electrons. The number of rotatable bonds is 6. The Bertz CT molecular complexity index is 655. The van der Waals surface area contributed by atoms with E-state index in [2.05, 4.69) is 9.35 Å². The van der Waals surface area contributed by atoms with Gasteiger partial charge in [0, 0.05) is 0 Å². The lowest BCUT2D eigenvalue weighted by molar-refractivity contribution is -0.131. The lowest BCUT2D eigenvalue weighted by Gasteiger charge is -2.12. The smallest absolute Gasteiger partial charge is 0.310 e. The highest BCUT2D eigenvalue weighted by Gasteiger charge is 2.31.